The molecule has 1 atom stereocenters. The number of ether oxygens (including phenoxy) is 1. The molecule has 0 radical (unpaired) electrons. The molecule has 1 heterocycles. The van der Waals surface area contributed by atoms with Crippen LogP contribution in [0.25, 0.3) is 0 Å². The maximum atomic E-state index is 5.91. The first-order chi connectivity index (χ1) is 14.6. The van der Waals surface area contributed by atoms with E-state index in [-0.39, 0.29) is 6.10 Å². The van der Waals surface area contributed by atoms with Crippen LogP contribution in [0.5, 0.6) is 5.75 Å². The van der Waals surface area contributed by atoms with Gasteiger partial charge in [0.1, 0.15) is 17.7 Å². The highest BCUT2D eigenvalue weighted by molar-refractivity contribution is 6.30. The number of aliphatic imine (C=N–C) groups is 1. The molecule has 7 heteroatoms. The van der Waals surface area contributed by atoms with Gasteiger partial charge < -0.3 is 19.9 Å². The fourth-order valence-corrected chi connectivity index (χ4v) is 3.16. The first-order valence-corrected chi connectivity index (χ1v) is 10.4. The van der Waals surface area contributed by atoms with Crippen LogP contribution >= 0.6 is 11.6 Å². The standard InChI is InChI=1S/C23H28ClN5O/c1-18(30-21-10-8-20(24)9-11-21)16-28-23(25-2)27-13-12-22-26-14-15-29(22)17-19-6-4-3-5-7-19/h3-11,14-15,18H,12-13,16-17H2,1-2H3,(H2,25,27,28). The van der Waals surface area contributed by atoms with E-state index in [0.29, 0.717) is 11.6 Å². The Kier molecular flexibility index (Phi) is 8.15. The molecule has 3 rings (SSSR count). The van der Waals surface area contributed by atoms with Gasteiger partial charge in [-0.1, -0.05) is 41.9 Å². The van der Waals surface area contributed by atoms with E-state index in [1.54, 1.807) is 7.05 Å². The Bertz CT molecular complexity index is 924. The SMILES string of the molecule is CN=C(NCCc1nccn1Cc1ccccc1)NCC(C)Oc1ccc(Cl)cc1. The van der Waals surface area contributed by atoms with Crippen molar-refractivity contribution in [2.45, 2.75) is 26.0 Å². The van der Waals surface area contributed by atoms with Crippen LogP contribution in [0, 0.1) is 0 Å². The van der Waals surface area contributed by atoms with Crippen LogP contribution < -0.4 is 15.4 Å². The second kappa shape index (κ2) is 11.3. The van der Waals surface area contributed by atoms with Gasteiger partial charge in [0.25, 0.3) is 0 Å². The summed E-state index contributed by atoms with van der Waals surface area (Å²) in [5, 5.41) is 7.33. The van der Waals surface area contributed by atoms with Crippen LogP contribution in [0.4, 0.5) is 0 Å². The number of rotatable bonds is 9. The third-order valence-electron chi connectivity index (χ3n) is 4.57. The lowest BCUT2D eigenvalue weighted by molar-refractivity contribution is 0.224. The first kappa shape index (κ1) is 21.7. The van der Waals surface area contributed by atoms with E-state index in [9.17, 15) is 0 Å². The van der Waals surface area contributed by atoms with E-state index in [4.69, 9.17) is 16.3 Å². The minimum Gasteiger partial charge on any atom is -0.489 e. The van der Waals surface area contributed by atoms with Gasteiger partial charge in [0.15, 0.2) is 5.96 Å². The molecule has 0 fully saturated rings. The Hall–Kier alpha value is -2.99. The third kappa shape index (κ3) is 6.81. The van der Waals surface area contributed by atoms with Gasteiger partial charge in [0.2, 0.25) is 0 Å². The summed E-state index contributed by atoms with van der Waals surface area (Å²) in [6, 6.07) is 17.8. The minimum absolute atomic E-state index is 0.0190. The number of guanidine groups is 1. The molecule has 2 aromatic carbocycles. The van der Waals surface area contributed by atoms with Crippen molar-refractivity contribution < 1.29 is 4.74 Å². The number of aromatic nitrogens is 2. The average molecular weight is 426 g/mol. The highest BCUT2D eigenvalue weighted by Crippen LogP contribution is 2.16. The molecule has 0 amide bonds. The molecular weight excluding hydrogens is 398 g/mol. The van der Waals surface area contributed by atoms with Crippen LogP contribution in [0.1, 0.15) is 18.3 Å². The quantitative estimate of drug-likeness (QED) is 0.404. The number of halogens is 1. The lowest BCUT2D eigenvalue weighted by atomic mass is 10.2. The molecule has 0 bridgehead atoms. The zero-order valence-corrected chi connectivity index (χ0v) is 18.1. The molecule has 1 unspecified atom stereocenters. The lowest BCUT2D eigenvalue weighted by Gasteiger charge is -2.18. The Labute approximate surface area is 183 Å². The predicted octanol–water partition coefficient (Wildman–Crippen LogP) is 3.76. The van der Waals surface area contributed by atoms with Gasteiger partial charge in [0, 0.05) is 44.0 Å². The van der Waals surface area contributed by atoms with E-state index in [2.05, 4.69) is 49.4 Å². The maximum Gasteiger partial charge on any atom is 0.191 e. The number of imidazole rings is 1. The van der Waals surface area contributed by atoms with E-state index >= 15 is 0 Å². The molecule has 0 aliphatic carbocycles. The van der Waals surface area contributed by atoms with Gasteiger partial charge in [-0.2, -0.15) is 0 Å². The van der Waals surface area contributed by atoms with Crippen molar-refractivity contribution in [3.8, 4) is 5.75 Å². The van der Waals surface area contributed by atoms with Crippen molar-refractivity contribution >= 4 is 17.6 Å². The van der Waals surface area contributed by atoms with Gasteiger partial charge in [-0.15, -0.1) is 0 Å². The van der Waals surface area contributed by atoms with Crippen molar-refractivity contribution in [3.63, 3.8) is 0 Å². The largest absolute Gasteiger partial charge is 0.489 e. The summed E-state index contributed by atoms with van der Waals surface area (Å²) < 4.78 is 8.06. The van der Waals surface area contributed by atoms with Crippen LogP contribution in [0.15, 0.2) is 72.0 Å². The molecule has 0 saturated heterocycles. The Morgan fingerprint density at radius 3 is 2.63 bits per heavy atom. The summed E-state index contributed by atoms with van der Waals surface area (Å²) in [5.41, 5.74) is 1.26. The van der Waals surface area contributed by atoms with Gasteiger partial charge in [-0.25, -0.2) is 4.98 Å². The van der Waals surface area contributed by atoms with Gasteiger partial charge in [-0.3, -0.25) is 4.99 Å². The third-order valence-corrected chi connectivity index (χ3v) is 4.82. The van der Waals surface area contributed by atoms with Crippen LogP contribution in [-0.4, -0.2) is 41.8 Å². The zero-order chi connectivity index (χ0) is 21.2. The second-order valence-electron chi connectivity index (χ2n) is 6.97. The summed E-state index contributed by atoms with van der Waals surface area (Å²) >= 11 is 5.91. The molecular formula is C23H28ClN5O. The van der Waals surface area contributed by atoms with E-state index in [1.807, 2.05) is 49.6 Å². The molecule has 1 aromatic heterocycles. The Morgan fingerprint density at radius 1 is 1.13 bits per heavy atom. The summed E-state index contributed by atoms with van der Waals surface area (Å²) in [7, 11) is 1.76. The Balaban J connectivity index is 1.41. The monoisotopic (exact) mass is 425 g/mol. The average Bonchev–Trinajstić information content (AvgIpc) is 3.19. The van der Waals surface area contributed by atoms with Crippen molar-refractivity contribution in [1.82, 2.24) is 20.2 Å². The highest BCUT2D eigenvalue weighted by Gasteiger charge is 2.07. The molecule has 2 N–H and O–H groups in total. The maximum absolute atomic E-state index is 5.91. The smallest absolute Gasteiger partial charge is 0.191 e. The lowest BCUT2D eigenvalue weighted by Crippen LogP contribution is -2.42. The van der Waals surface area contributed by atoms with Crippen molar-refractivity contribution in [2.24, 2.45) is 4.99 Å². The minimum atomic E-state index is -0.0190. The molecule has 3 aromatic rings. The number of hydrogen-bond donors (Lipinski definition) is 2. The number of benzene rings is 2. The number of hydrogen-bond acceptors (Lipinski definition) is 3. The fourth-order valence-electron chi connectivity index (χ4n) is 3.03. The molecule has 6 nitrogen and oxygen atoms in total. The highest BCUT2D eigenvalue weighted by atomic mass is 35.5. The molecule has 0 aliphatic rings. The molecule has 0 aliphatic heterocycles. The van der Waals surface area contributed by atoms with Gasteiger partial charge >= 0.3 is 0 Å². The van der Waals surface area contributed by atoms with Crippen molar-refractivity contribution in [2.75, 3.05) is 20.1 Å². The normalized spacial score (nSPS) is 12.4. The molecule has 0 saturated carbocycles. The van der Waals surface area contributed by atoms with E-state index in [0.717, 1.165) is 37.0 Å². The number of nitrogens with zero attached hydrogens (tertiary/aromatic N) is 3. The summed E-state index contributed by atoms with van der Waals surface area (Å²) in [5.74, 6) is 2.57. The van der Waals surface area contributed by atoms with Crippen LogP contribution in [0.2, 0.25) is 5.02 Å². The topological polar surface area (TPSA) is 63.5 Å². The van der Waals surface area contributed by atoms with Crippen molar-refractivity contribution in [3.05, 3.63) is 83.4 Å². The Morgan fingerprint density at radius 2 is 1.90 bits per heavy atom. The fraction of sp³-hybridized carbons (Fsp3) is 0.304. The van der Waals surface area contributed by atoms with Gasteiger partial charge in [-0.05, 0) is 36.8 Å². The second-order valence-corrected chi connectivity index (χ2v) is 7.41. The van der Waals surface area contributed by atoms with Crippen LogP contribution in [0.3, 0.4) is 0 Å². The van der Waals surface area contributed by atoms with Crippen molar-refractivity contribution in [1.29, 1.82) is 0 Å². The van der Waals surface area contributed by atoms with Crippen LogP contribution in [-0.2, 0) is 13.0 Å². The summed E-state index contributed by atoms with van der Waals surface area (Å²) in [4.78, 5) is 8.78. The van der Waals surface area contributed by atoms with E-state index in [1.165, 1.54) is 5.56 Å². The zero-order valence-electron chi connectivity index (χ0n) is 17.4. The number of nitrogens with one attached hydrogen (secondary N) is 2. The summed E-state index contributed by atoms with van der Waals surface area (Å²) in [6.45, 7) is 4.20. The predicted molar refractivity (Wildman–Crippen MR) is 122 cm³/mol. The van der Waals surface area contributed by atoms with E-state index < -0.39 is 0 Å². The summed E-state index contributed by atoms with van der Waals surface area (Å²) in [6.07, 6.45) is 4.65. The first-order valence-electron chi connectivity index (χ1n) is 10.0. The molecule has 0 spiro atoms. The molecule has 30 heavy (non-hydrogen) atoms. The molecule has 158 valence electrons. The van der Waals surface area contributed by atoms with Gasteiger partial charge in [0.05, 0.1) is 6.54 Å².